The van der Waals surface area contributed by atoms with Crippen molar-refractivity contribution in [3.8, 4) is 0 Å². The minimum absolute atomic E-state index is 0.189. The van der Waals surface area contributed by atoms with Crippen LogP contribution in [-0.2, 0) is 12.3 Å². The predicted molar refractivity (Wildman–Crippen MR) is 75.6 cm³/mol. The van der Waals surface area contributed by atoms with Crippen molar-refractivity contribution in [2.75, 3.05) is 7.05 Å². The standard InChI is InChI=1S/C13H15FN2S2/c1-9-12(7-15-2)18-13(16-9)8-17-11-5-3-4-10(14)6-11/h3-6,15H,7-8H2,1-2H3. The Bertz CT molecular complexity index is 525. The summed E-state index contributed by atoms with van der Waals surface area (Å²) in [7, 11) is 1.93. The van der Waals surface area contributed by atoms with E-state index < -0.39 is 0 Å². The van der Waals surface area contributed by atoms with E-state index in [1.807, 2.05) is 20.0 Å². The molecule has 96 valence electrons. The number of hydrogen-bond acceptors (Lipinski definition) is 4. The van der Waals surface area contributed by atoms with Gasteiger partial charge in [-0.3, -0.25) is 0 Å². The number of thioether (sulfide) groups is 1. The van der Waals surface area contributed by atoms with E-state index in [0.717, 1.165) is 27.9 Å². The normalized spacial score (nSPS) is 10.8. The second-order valence-electron chi connectivity index (χ2n) is 3.89. The average molecular weight is 282 g/mol. The fourth-order valence-electron chi connectivity index (χ4n) is 1.58. The van der Waals surface area contributed by atoms with Gasteiger partial charge in [0.1, 0.15) is 10.8 Å². The largest absolute Gasteiger partial charge is 0.315 e. The van der Waals surface area contributed by atoms with Gasteiger partial charge in [0.05, 0.1) is 11.4 Å². The lowest BCUT2D eigenvalue weighted by Gasteiger charge is -1.98. The molecular formula is C13H15FN2S2. The molecule has 0 saturated carbocycles. The number of nitrogens with one attached hydrogen (secondary N) is 1. The Morgan fingerprint density at radius 3 is 3.00 bits per heavy atom. The van der Waals surface area contributed by atoms with Gasteiger partial charge in [0.25, 0.3) is 0 Å². The van der Waals surface area contributed by atoms with Gasteiger partial charge in [-0.05, 0) is 32.2 Å². The lowest BCUT2D eigenvalue weighted by Crippen LogP contribution is -2.04. The molecule has 0 radical (unpaired) electrons. The highest BCUT2D eigenvalue weighted by molar-refractivity contribution is 7.98. The van der Waals surface area contributed by atoms with Crippen LogP contribution >= 0.6 is 23.1 Å². The zero-order valence-corrected chi connectivity index (χ0v) is 12.0. The number of thiazole rings is 1. The summed E-state index contributed by atoms with van der Waals surface area (Å²) in [6.45, 7) is 2.88. The molecule has 18 heavy (non-hydrogen) atoms. The second kappa shape index (κ2) is 6.31. The molecule has 0 aliphatic rings. The van der Waals surface area contributed by atoms with E-state index in [2.05, 4.69) is 10.3 Å². The van der Waals surface area contributed by atoms with Gasteiger partial charge in [0.2, 0.25) is 0 Å². The number of aromatic nitrogens is 1. The molecule has 0 saturated heterocycles. The molecule has 0 spiro atoms. The molecular weight excluding hydrogens is 267 g/mol. The number of aryl methyl sites for hydroxylation is 1. The highest BCUT2D eigenvalue weighted by atomic mass is 32.2. The molecule has 0 unspecified atom stereocenters. The first-order valence-corrected chi connectivity index (χ1v) is 7.47. The first kappa shape index (κ1) is 13.5. The lowest BCUT2D eigenvalue weighted by atomic mass is 10.4. The summed E-state index contributed by atoms with van der Waals surface area (Å²) in [5.41, 5.74) is 1.09. The van der Waals surface area contributed by atoms with E-state index in [1.54, 1.807) is 35.2 Å². The van der Waals surface area contributed by atoms with Crippen LogP contribution in [0.2, 0.25) is 0 Å². The van der Waals surface area contributed by atoms with E-state index in [4.69, 9.17) is 0 Å². The van der Waals surface area contributed by atoms with Gasteiger partial charge in [-0.2, -0.15) is 0 Å². The van der Waals surface area contributed by atoms with Crippen molar-refractivity contribution < 1.29 is 4.39 Å². The lowest BCUT2D eigenvalue weighted by molar-refractivity contribution is 0.624. The zero-order valence-electron chi connectivity index (χ0n) is 10.4. The molecule has 1 aromatic heterocycles. The molecule has 0 aliphatic carbocycles. The minimum atomic E-state index is -0.189. The minimum Gasteiger partial charge on any atom is -0.315 e. The first-order chi connectivity index (χ1) is 8.69. The topological polar surface area (TPSA) is 24.9 Å². The maximum Gasteiger partial charge on any atom is 0.124 e. The van der Waals surface area contributed by atoms with Crippen LogP contribution in [0.25, 0.3) is 0 Å². The van der Waals surface area contributed by atoms with Crippen LogP contribution in [-0.4, -0.2) is 12.0 Å². The maximum absolute atomic E-state index is 13.0. The van der Waals surface area contributed by atoms with Crippen molar-refractivity contribution in [3.05, 3.63) is 45.7 Å². The smallest absolute Gasteiger partial charge is 0.124 e. The molecule has 1 N–H and O–H groups in total. The Morgan fingerprint density at radius 2 is 2.28 bits per heavy atom. The van der Waals surface area contributed by atoms with Crippen LogP contribution in [0, 0.1) is 12.7 Å². The molecule has 0 atom stereocenters. The molecule has 0 fully saturated rings. The summed E-state index contributed by atoms with van der Waals surface area (Å²) in [6.07, 6.45) is 0. The Kier molecular flexibility index (Phi) is 4.74. The summed E-state index contributed by atoms with van der Waals surface area (Å²) >= 11 is 3.33. The molecule has 2 nitrogen and oxygen atoms in total. The summed E-state index contributed by atoms with van der Waals surface area (Å²) in [6, 6.07) is 6.67. The van der Waals surface area contributed by atoms with Gasteiger partial charge in [-0.25, -0.2) is 9.37 Å². The van der Waals surface area contributed by atoms with Crippen molar-refractivity contribution in [2.45, 2.75) is 24.1 Å². The zero-order chi connectivity index (χ0) is 13.0. The van der Waals surface area contributed by atoms with Crippen molar-refractivity contribution in [1.82, 2.24) is 10.3 Å². The van der Waals surface area contributed by atoms with Gasteiger partial charge in [-0.1, -0.05) is 6.07 Å². The maximum atomic E-state index is 13.0. The van der Waals surface area contributed by atoms with E-state index >= 15 is 0 Å². The van der Waals surface area contributed by atoms with E-state index in [0.29, 0.717) is 0 Å². The number of nitrogens with zero attached hydrogens (tertiary/aromatic N) is 1. The SMILES string of the molecule is CNCc1sc(CSc2cccc(F)c2)nc1C. The molecule has 0 amide bonds. The summed E-state index contributed by atoms with van der Waals surface area (Å²) in [4.78, 5) is 6.74. The number of benzene rings is 1. The van der Waals surface area contributed by atoms with Crippen molar-refractivity contribution in [1.29, 1.82) is 0 Å². The van der Waals surface area contributed by atoms with Crippen molar-refractivity contribution >= 4 is 23.1 Å². The van der Waals surface area contributed by atoms with Crippen molar-refractivity contribution in [3.63, 3.8) is 0 Å². The molecule has 0 aliphatic heterocycles. The number of halogens is 1. The monoisotopic (exact) mass is 282 g/mol. The second-order valence-corrected chi connectivity index (χ2v) is 6.11. The third-order valence-corrected chi connectivity index (χ3v) is 4.78. The quantitative estimate of drug-likeness (QED) is 0.848. The summed E-state index contributed by atoms with van der Waals surface area (Å²) < 4.78 is 13.0. The van der Waals surface area contributed by atoms with Crippen molar-refractivity contribution in [2.24, 2.45) is 0 Å². The fourth-order valence-corrected chi connectivity index (χ4v) is 3.59. The number of hydrogen-bond donors (Lipinski definition) is 1. The van der Waals surface area contributed by atoms with Crippen LogP contribution in [0.3, 0.4) is 0 Å². The van der Waals surface area contributed by atoms with E-state index in [1.165, 1.54) is 10.9 Å². The van der Waals surface area contributed by atoms with Gasteiger partial charge >= 0.3 is 0 Å². The molecule has 2 rings (SSSR count). The summed E-state index contributed by atoms with van der Waals surface area (Å²) in [5.74, 6) is 0.602. The Labute approximate surface area is 115 Å². The predicted octanol–water partition coefficient (Wildman–Crippen LogP) is 3.60. The van der Waals surface area contributed by atoms with Gasteiger partial charge in [0.15, 0.2) is 0 Å². The van der Waals surface area contributed by atoms with E-state index in [-0.39, 0.29) is 5.82 Å². The van der Waals surface area contributed by atoms with Crippen LogP contribution < -0.4 is 5.32 Å². The van der Waals surface area contributed by atoms with Crippen LogP contribution in [0.4, 0.5) is 4.39 Å². The Morgan fingerprint density at radius 1 is 1.44 bits per heavy atom. The molecule has 0 bridgehead atoms. The third kappa shape index (κ3) is 3.54. The van der Waals surface area contributed by atoms with Gasteiger partial charge in [0, 0.05) is 16.3 Å². The van der Waals surface area contributed by atoms with Crippen LogP contribution in [0.15, 0.2) is 29.2 Å². The molecule has 5 heteroatoms. The van der Waals surface area contributed by atoms with Crippen LogP contribution in [0.1, 0.15) is 15.6 Å². The molecule has 1 heterocycles. The Balaban J connectivity index is 2.00. The Hall–Kier alpha value is -0.910. The van der Waals surface area contributed by atoms with Gasteiger partial charge in [-0.15, -0.1) is 23.1 Å². The molecule has 2 aromatic rings. The van der Waals surface area contributed by atoms with Crippen LogP contribution in [0.5, 0.6) is 0 Å². The highest BCUT2D eigenvalue weighted by Crippen LogP contribution is 2.27. The highest BCUT2D eigenvalue weighted by Gasteiger charge is 2.07. The summed E-state index contributed by atoms with van der Waals surface area (Å²) in [5, 5.41) is 4.22. The third-order valence-electron chi connectivity index (χ3n) is 2.43. The first-order valence-electron chi connectivity index (χ1n) is 5.67. The average Bonchev–Trinajstić information content (AvgIpc) is 2.69. The molecule has 1 aromatic carbocycles. The van der Waals surface area contributed by atoms with Gasteiger partial charge < -0.3 is 5.32 Å². The van der Waals surface area contributed by atoms with E-state index in [9.17, 15) is 4.39 Å². The number of rotatable bonds is 5. The fraction of sp³-hybridized carbons (Fsp3) is 0.308.